The Morgan fingerprint density at radius 3 is 2.81 bits per heavy atom. The standard InChI is InChI=1S/C16H15N3OS/c17-12-5-3-4-11(8-12)15(20)9-21-16-13-6-1-2-7-14(13)18-10-19-16/h1-8,10,15,20H,9,17H2. The summed E-state index contributed by atoms with van der Waals surface area (Å²) in [6.45, 7) is 0. The van der Waals surface area contributed by atoms with Gasteiger partial charge in [0, 0.05) is 16.8 Å². The maximum Gasteiger partial charge on any atom is 0.117 e. The quantitative estimate of drug-likeness (QED) is 0.440. The zero-order valence-electron chi connectivity index (χ0n) is 11.3. The molecule has 2 aromatic carbocycles. The number of anilines is 1. The van der Waals surface area contributed by atoms with Crippen LogP contribution >= 0.6 is 11.8 Å². The highest BCUT2D eigenvalue weighted by Crippen LogP contribution is 2.28. The van der Waals surface area contributed by atoms with Gasteiger partial charge in [0.2, 0.25) is 0 Å². The van der Waals surface area contributed by atoms with Gasteiger partial charge in [0.05, 0.1) is 11.6 Å². The van der Waals surface area contributed by atoms with Gasteiger partial charge < -0.3 is 10.8 Å². The highest BCUT2D eigenvalue weighted by Gasteiger charge is 2.11. The van der Waals surface area contributed by atoms with Gasteiger partial charge in [-0.1, -0.05) is 30.3 Å². The summed E-state index contributed by atoms with van der Waals surface area (Å²) in [5, 5.41) is 12.1. The van der Waals surface area contributed by atoms with Crippen LogP contribution in [0.4, 0.5) is 5.69 Å². The fourth-order valence-electron chi connectivity index (χ4n) is 2.12. The number of benzene rings is 2. The molecule has 1 aromatic heterocycles. The summed E-state index contributed by atoms with van der Waals surface area (Å²) >= 11 is 1.52. The van der Waals surface area contributed by atoms with Crippen LogP contribution in [0.3, 0.4) is 0 Å². The van der Waals surface area contributed by atoms with Crippen molar-refractivity contribution in [1.29, 1.82) is 0 Å². The van der Waals surface area contributed by atoms with Crippen LogP contribution in [0.15, 0.2) is 59.9 Å². The third-order valence-corrected chi connectivity index (χ3v) is 4.26. The van der Waals surface area contributed by atoms with Crippen LogP contribution < -0.4 is 5.73 Å². The van der Waals surface area contributed by atoms with Gasteiger partial charge in [0.15, 0.2) is 0 Å². The van der Waals surface area contributed by atoms with E-state index in [9.17, 15) is 5.11 Å². The van der Waals surface area contributed by atoms with Gasteiger partial charge in [-0.3, -0.25) is 0 Å². The molecule has 0 spiro atoms. The van der Waals surface area contributed by atoms with Crippen molar-refractivity contribution in [2.45, 2.75) is 11.1 Å². The lowest BCUT2D eigenvalue weighted by Gasteiger charge is -2.11. The molecule has 4 nitrogen and oxygen atoms in total. The molecule has 3 N–H and O–H groups in total. The van der Waals surface area contributed by atoms with Gasteiger partial charge >= 0.3 is 0 Å². The van der Waals surface area contributed by atoms with Crippen molar-refractivity contribution in [3.05, 3.63) is 60.4 Å². The Kier molecular flexibility index (Phi) is 4.03. The minimum absolute atomic E-state index is 0.518. The first-order valence-electron chi connectivity index (χ1n) is 6.60. The monoisotopic (exact) mass is 297 g/mol. The number of aromatic nitrogens is 2. The average Bonchev–Trinajstić information content (AvgIpc) is 2.52. The Morgan fingerprint density at radius 1 is 1.10 bits per heavy atom. The zero-order valence-corrected chi connectivity index (χ0v) is 12.1. The molecule has 3 rings (SSSR count). The van der Waals surface area contributed by atoms with Crippen molar-refractivity contribution in [3.63, 3.8) is 0 Å². The van der Waals surface area contributed by atoms with Crippen LogP contribution in [-0.2, 0) is 0 Å². The minimum Gasteiger partial charge on any atom is -0.399 e. The van der Waals surface area contributed by atoms with E-state index in [1.165, 1.54) is 11.8 Å². The third-order valence-electron chi connectivity index (χ3n) is 3.18. The topological polar surface area (TPSA) is 72.0 Å². The molecule has 0 aliphatic rings. The number of nitrogens with zero attached hydrogens (tertiary/aromatic N) is 2. The summed E-state index contributed by atoms with van der Waals surface area (Å²) in [7, 11) is 0. The Labute approximate surface area is 127 Å². The van der Waals surface area contributed by atoms with Crippen molar-refractivity contribution < 1.29 is 5.11 Å². The summed E-state index contributed by atoms with van der Waals surface area (Å²) in [6, 6.07) is 15.2. The molecular formula is C16H15N3OS. The van der Waals surface area contributed by atoms with E-state index in [0.717, 1.165) is 21.5 Å². The predicted octanol–water partition coefficient (Wildman–Crippen LogP) is 3.04. The molecule has 0 saturated heterocycles. The van der Waals surface area contributed by atoms with Gasteiger partial charge in [-0.05, 0) is 23.8 Å². The molecule has 0 saturated carbocycles. The number of rotatable bonds is 4. The maximum atomic E-state index is 10.3. The molecule has 0 fully saturated rings. The number of nitrogens with two attached hydrogens (primary N) is 1. The number of fused-ring (bicyclic) bond motifs is 1. The van der Waals surface area contributed by atoms with E-state index in [1.54, 1.807) is 18.5 Å². The van der Waals surface area contributed by atoms with Crippen molar-refractivity contribution in [3.8, 4) is 0 Å². The van der Waals surface area contributed by atoms with Crippen LogP contribution in [-0.4, -0.2) is 20.8 Å². The molecule has 0 bridgehead atoms. The zero-order chi connectivity index (χ0) is 14.7. The molecule has 21 heavy (non-hydrogen) atoms. The van der Waals surface area contributed by atoms with Gasteiger partial charge in [0.25, 0.3) is 0 Å². The van der Waals surface area contributed by atoms with Gasteiger partial charge in [-0.2, -0.15) is 0 Å². The van der Waals surface area contributed by atoms with Crippen LogP contribution in [0.1, 0.15) is 11.7 Å². The predicted molar refractivity (Wildman–Crippen MR) is 86.1 cm³/mol. The fourth-order valence-corrected chi connectivity index (χ4v) is 3.07. The van der Waals surface area contributed by atoms with Gasteiger partial charge in [-0.15, -0.1) is 11.8 Å². The molecule has 3 aromatic rings. The normalized spacial score (nSPS) is 12.4. The summed E-state index contributed by atoms with van der Waals surface area (Å²) < 4.78 is 0. The molecule has 0 aliphatic carbocycles. The number of aliphatic hydroxyl groups excluding tert-OH is 1. The van der Waals surface area contributed by atoms with E-state index in [1.807, 2.05) is 36.4 Å². The van der Waals surface area contributed by atoms with Crippen LogP contribution in [0, 0.1) is 0 Å². The highest BCUT2D eigenvalue weighted by atomic mass is 32.2. The van der Waals surface area contributed by atoms with Gasteiger partial charge in [-0.25, -0.2) is 9.97 Å². The molecule has 0 aliphatic heterocycles. The highest BCUT2D eigenvalue weighted by molar-refractivity contribution is 7.99. The Hall–Kier alpha value is -2.11. The van der Waals surface area contributed by atoms with Crippen LogP contribution in [0.25, 0.3) is 10.9 Å². The molecule has 1 atom stereocenters. The Balaban J connectivity index is 1.77. The maximum absolute atomic E-state index is 10.3. The summed E-state index contributed by atoms with van der Waals surface area (Å²) in [6.07, 6.45) is 0.976. The lowest BCUT2D eigenvalue weighted by molar-refractivity contribution is 0.204. The molecule has 1 unspecified atom stereocenters. The van der Waals surface area contributed by atoms with Crippen molar-refractivity contribution in [2.75, 3.05) is 11.5 Å². The Morgan fingerprint density at radius 2 is 1.95 bits per heavy atom. The van der Waals surface area contributed by atoms with E-state index in [-0.39, 0.29) is 0 Å². The molecule has 0 amide bonds. The average molecular weight is 297 g/mol. The lowest BCUT2D eigenvalue weighted by atomic mass is 10.1. The van der Waals surface area contributed by atoms with E-state index >= 15 is 0 Å². The van der Waals surface area contributed by atoms with Crippen molar-refractivity contribution in [2.24, 2.45) is 0 Å². The number of hydrogen-bond acceptors (Lipinski definition) is 5. The summed E-state index contributed by atoms with van der Waals surface area (Å²) in [5.74, 6) is 0.518. The second-order valence-corrected chi connectivity index (χ2v) is 5.70. The second kappa shape index (κ2) is 6.11. The second-order valence-electron chi connectivity index (χ2n) is 4.69. The van der Waals surface area contributed by atoms with Crippen LogP contribution in [0.2, 0.25) is 0 Å². The summed E-state index contributed by atoms with van der Waals surface area (Å²) in [4.78, 5) is 8.54. The van der Waals surface area contributed by atoms with E-state index < -0.39 is 6.10 Å². The number of hydrogen-bond donors (Lipinski definition) is 2. The number of aliphatic hydroxyl groups is 1. The number of para-hydroxylation sites is 1. The smallest absolute Gasteiger partial charge is 0.117 e. The largest absolute Gasteiger partial charge is 0.399 e. The van der Waals surface area contributed by atoms with Crippen molar-refractivity contribution in [1.82, 2.24) is 9.97 Å². The van der Waals surface area contributed by atoms with Crippen molar-refractivity contribution >= 4 is 28.4 Å². The molecule has 5 heteroatoms. The SMILES string of the molecule is Nc1cccc(C(O)CSc2ncnc3ccccc23)c1. The molecule has 106 valence electrons. The molecule has 0 radical (unpaired) electrons. The number of nitrogen functional groups attached to an aromatic ring is 1. The van der Waals surface area contributed by atoms with Gasteiger partial charge in [0.1, 0.15) is 11.4 Å². The van der Waals surface area contributed by atoms with E-state index in [2.05, 4.69) is 9.97 Å². The van der Waals surface area contributed by atoms with Crippen LogP contribution in [0.5, 0.6) is 0 Å². The van der Waals surface area contributed by atoms with E-state index in [4.69, 9.17) is 5.73 Å². The minimum atomic E-state index is -0.577. The first kappa shape index (κ1) is 13.9. The first-order valence-corrected chi connectivity index (χ1v) is 7.58. The molecular weight excluding hydrogens is 282 g/mol. The summed E-state index contributed by atoms with van der Waals surface area (Å²) in [5.41, 5.74) is 8.13. The molecule has 1 heterocycles. The number of thioether (sulfide) groups is 1. The van der Waals surface area contributed by atoms with E-state index in [0.29, 0.717) is 11.4 Å². The lowest BCUT2D eigenvalue weighted by Crippen LogP contribution is -2.02. The fraction of sp³-hybridized carbons (Fsp3) is 0.125. The first-order chi connectivity index (χ1) is 10.2. The third kappa shape index (κ3) is 3.15. The Bertz CT molecular complexity index is 758.